The standard InChI is InChI=1S/C26H24ClF3N4O3S/c1-14-8-15(27)9-19(23(14)37-16-4-3-6-31-12-16)18-5-7-32-20-10-17(38-24(18)20)13-34-22(35)11-21(26(28,29)30)33(2)25(34)36/h5,7-11,16,31H,3-4,6,12-13H2,1-2H3/t16-/m0/s1. The van der Waals surface area contributed by atoms with Crippen LogP contribution in [0.15, 0.2) is 46.1 Å². The van der Waals surface area contributed by atoms with Crippen LogP contribution in [0.5, 0.6) is 5.75 Å². The highest BCUT2D eigenvalue weighted by Crippen LogP contribution is 2.42. The summed E-state index contributed by atoms with van der Waals surface area (Å²) in [7, 11) is 0.997. The van der Waals surface area contributed by atoms with E-state index >= 15 is 0 Å². The lowest BCUT2D eigenvalue weighted by Crippen LogP contribution is -2.41. The van der Waals surface area contributed by atoms with Crippen molar-refractivity contribution in [3.05, 3.63) is 78.5 Å². The van der Waals surface area contributed by atoms with Crippen molar-refractivity contribution in [1.82, 2.24) is 19.4 Å². The van der Waals surface area contributed by atoms with Gasteiger partial charge in [-0.05, 0) is 56.1 Å². The molecule has 0 radical (unpaired) electrons. The van der Waals surface area contributed by atoms with Gasteiger partial charge in [0, 0.05) is 46.9 Å². The topological polar surface area (TPSA) is 78.2 Å². The molecule has 0 amide bonds. The Bertz CT molecular complexity index is 1640. The van der Waals surface area contributed by atoms with Gasteiger partial charge < -0.3 is 10.1 Å². The summed E-state index contributed by atoms with van der Waals surface area (Å²) in [4.78, 5) is 30.2. The van der Waals surface area contributed by atoms with Gasteiger partial charge in [-0.25, -0.2) is 4.79 Å². The fourth-order valence-electron chi connectivity index (χ4n) is 4.69. The number of aryl methyl sites for hydroxylation is 1. The molecular formula is C26H24ClF3N4O3S. The molecule has 0 spiro atoms. The van der Waals surface area contributed by atoms with Crippen LogP contribution < -0.4 is 21.3 Å². The second kappa shape index (κ2) is 10.2. The predicted octanol–water partition coefficient (Wildman–Crippen LogP) is 4.98. The molecule has 1 N–H and O–H groups in total. The average Bonchev–Trinajstić information content (AvgIpc) is 3.28. The van der Waals surface area contributed by atoms with Crippen LogP contribution in [0.1, 0.15) is 29.0 Å². The van der Waals surface area contributed by atoms with Crippen LogP contribution in [0.2, 0.25) is 5.02 Å². The third-order valence-corrected chi connectivity index (χ3v) is 7.90. The van der Waals surface area contributed by atoms with Crippen LogP contribution in [-0.2, 0) is 19.8 Å². The number of rotatable bonds is 5. The monoisotopic (exact) mass is 564 g/mol. The maximum absolute atomic E-state index is 13.2. The number of piperidine rings is 1. The number of benzene rings is 1. The Labute approximate surface area is 224 Å². The van der Waals surface area contributed by atoms with Crippen LogP contribution in [0.4, 0.5) is 13.2 Å². The first-order valence-electron chi connectivity index (χ1n) is 12.0. The molecule has 1 saturated heterocycles. The summed E-state index contributed by atoms with van der Waals surface area (Å²) in [5.74, 6) is 0.721. The van der Waals surface area contributed by atoms with Gasteiger partial charge in [0.2, 0.25) is 0 Å². The number of nitrogens with one attached hydrogen (secondary N) is 1. The van der Waals surface area contributed by atoms with Gasteiger partial charge in [-0.15, -0.1) is 11.3 Å². The number of ether oxygens (including phenoxy) is 1. The zero-order valence-corrected chi connectivity index (χ0v) is 22.1. The molecule has 1 fully saturated rings. The highest BCUT2D eigenvalue weighted by Gasteiger charge is 2.35. The minimum Gasteiger partial charge on any atom is -0.488 e. The molecule has 0 saturated carbocycles. The second-order valence-electron chi connectivity index (χ2n) is 9.26. The number of fused-ring (bicyclic) bond motifs is 1. The Morgan fingerprint density at radius 2 is 2.00 bits per heavy atom. The van der Waals surface area contributed by atoms with Crippen molar-refractivity contribution < 1.29 is 17.9 Å². The van der Waals surface area contributed by atoms with Crippen LogP contribution >= 0.6 is 22.9 Å². The smallest absolute Gasteiger partial charge is 0.431 e. The number of hydrogen-bond acceptors (Lipinski definition) is 6. The lowest BCUT2D eigenvalue weighted by molar-refractivity contribution is -0.144. The number of aromatic nitrogens is 3. The second-order valence-corrected chi connectivity index (χ2v) is 10.8. The van der Waals surface area contributed by atoms with Gasteiger partial charge in [0.1, 0.15) is 17.5 Å². The molecule has 4 heterocycles. The third kappa shape index (κ3) is 5.10. The molecule has 5 rings (SSSR count). The molecule has 0 bridgehead atoms. The van der Waals surface area contributed by atoms with Crippen molar-refractivity contribution in [1.29, 1.82) is 0 Å². The number of hydrogen-bond donors (Lipinski definition) is 1. The number of nitrogens with zero attached hydrogens (tertiary/aromatic N) is 3. The van der Waals surface area contributed by atoms with E-state index in [4.69, 9.17) is 16.3 Å². The first kappa shape index (κ1) is 26.5. The van der Waals surface area contributed by atoms with Crippen molar-refractivity contribution in [3.63, 3.8) is 0 Å². The number of halogens is 4. The number of thiophene rings is 1. The quantitative estimate of drug-likeness (QED) is 0.370. The molecule has 38 heavy (non-hydrogen) atoms. The fourth-order valence-corrected chi connectivity index (χ4v) is 6.10. The SMILES string of the molecule is Cc1cc(Cl)cc(-c2ccnc3cc(Cn4c(=O)cc(C(F)(F)F)n(C)c4=O)sc23)c1O[C@H]1CCCNC1. The van der Waals surface area contributed by atoms with Crippen molar-refractivity contribution in [3.8, 4) is 16.9 Å². The van der Waals surface area contributed by atoms with E-state index in [9.17, 15) is 22.8 Å². The Hall–Kier alpha value is -3.15. The van der Waals surface area contributed by atoms with E-state index in [-0.39, 0.29) is 12.6 Å². The summed E-state index contributed by atoms with van der Waals surface area (Å²) in [6.07, 6.45) is -1.20. The van der Waals surface area contributed by atoms with Gasteiger partial charge >= 0.3 is 11.9 Å². The van der Waals surface area contributed by atoms with Crippen LogP contribution in [0.3, 0.4) is 0 Å². The number of alkyl halides is 3. The number of pyridine rings is 1. The van der Waals surface area contributed by atoms with E-state index < -0.39 is 23.1 Å². The molecule has 3 aromatic heterocycles. The Balaban J connectivity index is 1.57. The summed E-state index contributed by atoms with van der Waals surface area (Å²) < 4.78 is 48.1. The molecule has 1 aromatic carbocycles. The van der Waals surface area contributed by atoms with Gasteiger partial charge in [-0.3, -0.25) is 18.9 Å². The van der Waals surface area contributed by atoms with Crippen molar-refractivity contribution >= 4 is 33.2 Å². The highest BCUT2D eigenvalue weighted by atomic mass is 35.5. The molecule has 4 aromatic rings. The van der Waals surface area contributed by atoms with Gasteiger partial charge in [0.15, 0.2) is 0 Å². The van der Waals surface area contributed by atoms with Crippen molar-refractivity contribution in [2.24, 2.45) is 7.05 Å². The molecule has 0 aliphatic carbocycles. The summed E-state index contributed by atoms with van der Waals surface area (Å²) in [5.41, 5.74) is -0.221. The lowest BCUT2D eigenvalue weighted by Gasteiger charge is -2.26. The van der Waals surface area contributed by atoms with Crippen LogP contribution in [0, 0.1) is 6.92 Å². The van der Waals surface area contributed by atoms with E-state index in [0.29, 0.717) is 26.0 Å². The largest absolute Gasteiger partial charge is 0.488 e. The molecule has 7 nitrogen and oxygen atoms in total. The molecule has 12 heteroatoms. The maximum atomic E-state index is 13.2. The molecule has 1 aliphatic rings. The third-order valence-electron chi connectivity index (χ3n) is 6.54. The van der Waals surface area contributed by atoms with Gasteiger partial charge in [0.25, 0.3) is 5.56 Å². The summed E-state index contributed by atoms with van der Waals surface area (Å²) in [6.45, 7) is 3.45. The molecule has 1 aliphatic heterocycles. The van der Waals surface area contributed by atoms with Crippen LogP contribution in [-0.4, -0.2) is 33.3 Å². The van der Waals surface area contributed by atoms with E-state index in [1.54, 1.807) is 12.3 Å². The van der Waals surface area contributed by atoms with Gasteiger partial charge in [-0.1, -0.05) is 11.6 Å². The maximum Gasteiger partial charge on any atom is 0.431 e. The normalized spacial score (nSPS) is 16.2. The van der Waals surface area contributed by atoms with Crippen LogP contribution in [0.25, 0.3) is 21.3 Å². The summed E-state index contributed by atoms with van der Waals surface area (Å²) >= 11 is 7.75. The molecule has 1 atom stereocenters. The Morgan fingerprint density at radius 1 is 1.21 bits per heavy atom. The Morgan fingerprint density at radius 3 is 2.71 bits per heavy atom. The first-order valence-corrected chi connectivity index (χ1v) is 13.2. The summed E-state index contributed by atoms with van der Waals surface area (Å²) in [5, 5.41) is 3.90. The molecule has 0 unspecified atom stereocenters. The van der Waals surface area contributed by atoms with E-state index in [1.807, 2.05) is 25.1 Å². The van der Waals surface area contributed by atoms with Gasteiger partial charge in [-0.2, -0.15) is 13.2 Å². The van der Waals surface area contributed by atoms with E-state index in [0.717, 1.165) is 64.7 Å². The van der Waals surface area contributed by atoms with Gasteiger partial charge in [0.05, 0.1) is 16.8 Å². The minimum atomic E-state index is -4.81. The first-order chi connectivity index (χ1) is 18.0. The van der Waals surface area contributed by atoms with Crippen molar-refractivity contribution in [2.45, 2.75) is 38.6 Å². The fraction of sp³-hybridized carbons (Fsp3) is 0.346. The van der Waals surface area contributed by atoms with Crippen molar-refractivity contribution in [2.75, 3.05) is 13.1 Å². The molecule has 200 valence electrons. The Kier molecular flexibility index (Phi) is 7.10. The lowest BCUT2D eigenvalue weighted by atomic mass is 10.0. The van der Waals surface area contributed by atoms with E-state index in [2.05, 4.69) is 10.3 Å². The summed E-state index contributed by atoms with van der Waals surface area (Å²) in [6, 6.07) is 7.71. The predicted molar refractivity (Wildman–Crippen MR) is 141 cm³/mol. The molecular weight excluding hydrogens is 541 g/mol. The zero-order chi connectivity index (χ0) is 27.2. The van der Waals surface area contributed by atoms with E-state index in [1.165, 1.54) is 11.3 Å². The minimum absolute atomic E-state index is 0.0151. The zero-order valence-electron chi connectivity index (χ0n) is 20.6. The average molecular weight is 565 g/mol. The highest BCUT2D eigenvalue weighted by molar-refractivity contribution is 7.19.